The summed E-state index contributed by atoms with van der Waals surface area (Å²) < 4.78 is 19.6. The summed E-state index contributed by atoms with van der Waals surface area (Å²) >= 11 is 0. The van der Waals surface area contributed by atoms with Crippen molar-refractivity contribution >= 4 is 11.9 Å². The maximum atomic E-state index is 14.2. The molecule has 5 heteroatoms. The summed E-state index contributed by atoms with van der Waals surface area (Å²) in [4.78, 5) is 28.2. The molecule has 0 aromatic heterocycles. The van der Waals surface area contributed by atoms with E-state index < -0.39 is 0 Å². The highest BCUT2D eigenvalue weighted by atomic mass is 16.6. The van der Waals surface area contributed by atoms with E-state index in [0.29, 0.717) is 23.7 Å². The minimum Gasteiger partial charge on any atom is -0.459 e. The Hall–Kier alpha value is -1.10. The van der Waals surface area contributed by atoms with Gasteiger partial charge in [-0.25, -0.2) is 0 Å². The van der Waals surface area contributed by atoms with Crippen molar-refractivity contribution in [1.29, 1.82) is 0 Å². The fourth-order valence-corrected chi connectivity index (χ4v) is 10.5. The predicted molar refractivity (Wildman–Crippen MR) is 137 cm³/mol. The Morgan fingerprint density at radius 2 is 1.42 bits per heavy atom. The highest BCUT2D eigenvalue weighted by Crippen LogP contribution is 2.65. The lowest BCUT2D eigenvalue weighted by atomic mass is 9.65. The van der Waals surface area contributed by atoms with Crippen LogP contribution in [-0.2, 0) is 23.8 Å². The summed E-state index contributed by atoms with van der Waals surface area (Å²) in [5.41, 5.74) is -0.640. The second-order valence-corrected chi connectivity index (χ2v) is 13.4. The number of hydrogen-bond acceptors (Lipinski definition) is 5. The van der Waals surface area contributed by atoms with Crippen molar-refractivity contribution in [2.24, 2.45) is 47.3 Å². The molecule has 0 radical (unpaired) electrons. The van der Waals surface area contributed by atoms with E-state index in [1.807, 2.05) is 0 Å². The largest absolute Gasteiger partial charge is 0.459 e. The van der Waals surface area contributed by atoms with Gasteiger partial charge in [0, 0.05) is 0 Å². The van der Waals surface area contributed by atoms with Crippen LogP contribution in [0.3, 0.4) is 0 Å². The average molecular weight is 501 g/mol. The molecule has 11 atom stereocenters. The first-order valence-electron chi connectivity index (χ1n) is 15.5. The zero-order chi connectivity index (χ0) is 25.2. The summed E-state index contributed by atoms with van der Waals surface area (Å²) in [7, 11) is 0. The Labute approximate surface area is 217 Å². The molecule has 0 aromatic rings. The van der Waals surface area contributed by atoms with Crippen molar-refractivity contribution in [2.75, 3.05) is 0 Å². The van der Waals surface area contributed by atoms with E-state index in [9.17, 15) is 9.59 Å². The van der Waals surface area contributed by atoms with E-state index >= 15 is 0 Å². The van der Waals surface area contributed by atoms with Gasteiger partial charge in [0.05, 0.1) is 24.0 Å². The molecule has 36 heavy (non-hydrogen) atoms. The topological polar surface area (TPSA) is 61.8 Å². The van der Waals surface area contributed by atoms with E-state index in [4.69, 9.17) is 14.2 Å². The number of ether oxygens (including phenoxy) is 3. The van der Waals surface area contributed by atoms with Crippen molar-refractivity contribution in [1.82, 2.24) is 0 Å². The van der Waals surface area contributed by atoms with Gasteiger partial charge in [0.15, 0.2) is 0 Å². The molecule has 6 aliphatic rings. The molecule has 1 aliphatic heterocycles. The Morgan fingerprint density at radius 3 is 1.89 bits per heavy atom. The Morgan fingerprint density at radius 1 is 0.806 bits per heavy atom. The van der Waals surface area contributed by atoms with Gasteiger partial charge < -0.3 is 14.2 Å². The van der Waals surface area contributed by atoms with Gasteiger partial charge in [-0.1, -0.05) is 27.7 Å². The van der Waals surface area contributed by atoms with Crippen LogP contribution in [0.5, 0.6) is 0 Å². The molecule has 0 spiro atoms. The standard InChI is InChI=1S/C31H48O5/c1-5-22-24-20-16-21(25(24)23(6-2)34-22)27(26(20)28(32)35-30(7-3)13-9-10-14-30)29(33)36-31(8-4)17-18-11-12-19(31)15-18/h18-27H,5-17H2,1-4H3. The molecule has 202 valence electrons. The summed E-state index contributed by atoms with van der Waals surface area (Å²) in [5.74, 6) is 1.37. The number of rotatable bonds is 8. The van der Waals surface area contributed by atoms with Crippen LogP contribution in [0.15, 0.2) is 0 Å². The highest BCUT2D eigenvalue weighted by molar-refractivity contribution is 5.84. The molecule has 0 aromatic carbocycles. The van der Waals surface area contributed by atoms with E-state index in [1.165, 1.54) is 19.3 Å². The first-order chi connectivity index (χ1) is 17.4. The molecule has 0 amide bonds. The number of esters is 2. The molecule has 1 saturated heterocycles. The smallest absolute Gasteiger partial charge is 0.310 e. The first kappa shape index (κ1) is 25.2. The maximum absolute atomic E-state index is 14.2. The fraction of sp³-hybridized carbons (Fsp3) is 0.935. The fourth-order valence-electron chi connectivity index (χ4n) is 10.5. The Balaban J connectivity index is 1.30. The number of carbonyl (C=O) groups is 2. The molecular formula is C31H48O5. The van der Waals surface area contributed by atoms with E-state index in [-0.39, 0.29) is 59.0 Å². The van der Waals surface area contributed by atoms with Crippen molar-refractivity contribution in [2.45, 2.75) is 135 Å². The van der Waals surface area contributed by atoms with Crippen LogP contribution in [0.4, 0.5) is 0 Å². The summed E-state index contributed by atoms with van der Waals surface area (Å²) in [5, 5.41) is 0. The van der Waals surface area contributed by atoms with Crippen molar-refractivity contribution in [3.63, 3.8) is 0 Å². The van der Waals surface area contributed by atoms with Crippen molar-refractivity contribution < 1.29 is 23.8 Å². The number of carbonyl (C=O) groups excluding carboxylic acids is 2. The second-order valence-electron chi connectivity index (χ2n) is 13.4. The zero-order valence-corrected chi connectivity index (χ0v) is 23.0. The number of fused-ring (bicyclic) bond motifs is 7. The normalized spacial score (nSPS) is 47.9. The number of hydrogen-bond donors (Lipinski definition) is 0. The Bertz CT molecular complexity index is 863. The molecule has 6 fully saturated rings. The summed E-state index contributed by atoms with van der Waals surface area (Å²) in [6, 6.07) is 0. The average Bonchev–Trinajstić information content (AvgIpc) is 3.70. The lowest BCUT2D eigenvalue weighted by molar-refractivity contribution is -0.186. The SMILES string of the molecule is CCC1OC(CC)C2C3CC(C(C(=O)OC4(CC)CCCC4)C3C(=O)OC3(CC)CC4CCC3C4)C12. The minimum atomic E-state index is -0.367. The molecule has 5 aliphatic carbocycles. The molecule has 4 bridgehead atoms. The molecule has 1 heterocycles. The second kappa shape index (κ2) is 9.27. The van der Waals surface area contributed by atoms with Gasteiger partial charge in [0.2, 0.25) is 0 Å². The lowest BCUT2D eigenvalue weighted by Gasteiger charge is -2.42. The van der Waals surface area contributed by atoms with Crippen molar-refractivity contribution in [3.8, 4) is 0 Å². The van der Waals surface area contributed by atoms with Crippen LogP contribution in [0.25, 0.3) is 0 Å². The zero-order valence-electron chi connectivity index (χ0n) is 23.0. The molecule has 0 N–H and O–H groups in total. The molecule has 6 rings (SSSR count). The molecule has 11 unspecified atom stereocenters. The maximum Gasteiger partial charge on any atom is 0.310 e. The minimum absolute atomic E-state index is 0.0935. The quantitative estimate of drug-likeness (QED) is 0.358. The van der Waals surface area contributed by atoms with Gasteiger partial charge in [0.1, 0.15) is 11.2 Å². The third kappa shape index (κ3) is 3.64. The first-order valence-corrected chi connectivity index (χ1v) is 15.5. The molecule has 5 saturated carbocycles. The van der Waals surface area contributed by atoms with Crippen LogP contribution in [0, 0.1) is 47.3 Å². The van der Waals surface area contributed by atoms with Gasteiger partial charge >= 0.3 is 11.9 Å². The van der Waals surface area contributed by atoms with Crippen LogP contribution < -0.4 is 0 Å². The summed E-state index contributed by atoms with van der Waals surface area (Å²) in [6.45, 7) is 8.74. The molecule has 5 nitrogen and oxygen atoms in total. The van der Waals surface area contributed by atoms with Crippen LogP contribution in [0.2, 0.25) is 0 Å². The molecular weight excluding hydrogens is 452 g/mol. The van der Waals surface area contributed by atoms with Gasteiger partial charge in [-0.05, 0) is 119 Å². The monoisotopic (exact) mass is 500 g/mol. The van der Waals surface area contributed by atoms with E-state index in [2.05, 4.69) is 27.7 Å². The third-order valence-electron chi connectivity index (χ3n) is 12.1. The van der Waals surface area contributed by atoms with E-state index in [0.717, 1.165) is 64.2 Å². The lowest BCUT2D eigenvalue weighted by Crippen LogP contribution is -2.50. The van der Waals surface area contributed by atoms with Crippen molar-refractivity contribution in [3.05, 3.63) is 0 Å². The van der Waals surface area contributed by atoms with Crippen LogP contribution in [-0.4, -0.2) is 35.3 Å². The van der Waals surface area contributed by atoms with Gasteiger partial charge in [-0.3, -0.25) is 9.59 Å². The summed E-state index contributed by atoms with van der Waals surface area (Å²) in [6.07, 6.45) is 13.9. The van der Waals surface area contributed by atoms with Gasteiger partial charge in [-0.2, -0.15) is 0 Å². The van der Waals surface area contributed by atoms with Gasteiger partial charge in [0.25, 0.3) is 0 Å². The van der Waals surface area contributed by atoms with Crippen LogP contribution in [0.1, 0.15) is 111 Å². The highest BCUT2D eigenvalue weighted by Gasteiger charge is 2.69. The van der Waals surface area contributed by atoms with Gasteiger partial charge in [-0.15, -0.1) is 0 Å². The van der Waals surface area contributed by atoms with Crippen LogP contribution >= 0.6 is 0 Å². The Kier molecular flexibility index (Phi) is 6.49. The predicted octanol–water partition coefficient (Wildman–Crippen LogP) is 6.47. The van der Waals surface area contributed by atoms with E-state index in [1.54, 1.807) is 0 Å². The third-order valence-corrected chi connectivity index (χ3v) is 12.1.